The van der Waals surface area contributed by atoms with Gasteiger partial charge in [-0.1, -0.05) is 49.7 Å². The second-order valence-corrected chi connectivity index (χ2v) is 5.59. The average Bonchev–Trinajstić information content (AvgIpc) is 2.48. The molecule has 1 heteroatoms. The second kappa shape index (κ2) is 5.64. The van der Waals surface area contributed by atoms with Crippen LogP contribution in [0.15, 0.2) is 42.5 Å². The topological polar surface area (TPSA) is 9.23 Å². The van der Waals surface area contributed by atoms with E-state index in [0.717, 1.165) is 11.7 Å². The van der Waals surface area contributed by atoms with Gasteiger partial charge < -0.3 is 4.74 Å². The van der Waals surface area contributed by atoms with Gasteiger partial charge in [0, 0.05) is 5.39 Å². The van der Waals surface area contributed by atoms with Crippen molar-refractivity contribution in [3.8, 4) is 5.75 Å². The summed E-state index contributed by atoms with van der Waals surface area (Å²) in [6.45, 7) is 2.29. The van der Waals surface area contributed by atoms with E-state index in [0.29, 0.717) is 6.10 Å². The van der Waals surface area contributed by atoms with Gasteiger partial charge in [0.05, 0.1) is 0 Å². The summed E-state index contributed by atoms with van der Waals surface area (Å²) in [5, 5.41) is 2.51. The van der Waals surface area contributed by atoms with Crippen LogP contribution in [0.25, 0.3) is 10.8 Å². The Morgan fingerprint density at radius 3 is 2.68 bits per heavy atom. The Hall–Kier alpha value is -1.50. The first-order chi connectivity index (χ1) is 9.38. The molecule has 3 rings (SSSR count). The molecule has 0 amide bonds. The van der Waals surface area contributed by atoms with Crippen molar-refractivity contribution in [3.05, 3.63) is 42.5 Å². The van der Waals surface area contributed by atoms with Crippen LogP contribution < -0.4 is 4.74 Å². The zero-order valence-corrected chi connectivity index (χ0v) is 11.6. The fraction of sp³-hybridized carbons (Fsp3) is 0.444. The molecule has 0 saturated heterocycles. The summed E-state index contributed by atoms with van der Waals surface area (Å²) >= 11 is 0. The lowest BCUT2D eigenvalue weighted by atomic mass is 9.84. The molecule has 0 aromatic heterocycles. The molecule has 1 nitrogen and oxygen atoms in total. The highest BCUT2D eigenvalue weighted by Crippen LogP contribution is 2.33. The molecule has 0 N–H and O–H groups in total. The highest BCUT2D eigenvalue weighted by molar-refractivity contribution is 5.88. The highest BCUT2D eigenvalue weighted by atomic mass is 16.5. The Bertz CT molecular complexity index is 541. The van der Waals surface area contributed by atoms with Gasteiger partial charge in [-0.05, 0) is 43.1 Å². The van der Waals surface area contributed by atoms with Crippen molar-refractivity contribution < 1.29 is 4.74 Å². The van der Waals surface area contributed by atoms with E-state index in [-0.39, 0.29) is 0 Å². The Morgan fingerprint density at radius 1 is 1.00 bits per heavy atom. The SMILES string of the molecule is CCC1CCCCC1Oc1cccc2ccccc12. The van der Waals surface area contributed by atoms with Gasteiger partial charge in [0.25, 0.3) is 0 Å². The third-order valence-corrected chi connectivity index (χ3v) is 4.39. The van der Waals surface area contributed by atoms with Gasteiger partial charge in [0.2, 0.25) is 0 Å². The fourth-order valence-electron chi connectivity index (χ4n) is 3.26. The van der Waals surface area contributed by atoms with Crippen molar-refractivity contribution in [2.45, 2.75) is 45.1 Å². The van der Waals surface area contributed by atoms with Crippen molar-refractivity contribution in [2.24, 2.45) is 5.92 Å². The minimum Gasteiger partial charge on any atom is -0.490 e. The molecule has 19 heavy (non-hydrogen) atoms. The minimum absolute atomic E-state index is 0.407. The first kappa shape index (κ1) is 12.5. The summed E-state index contributed by atoms with van der Waals surface area (Å²) in [5.41, 5.74) is 0. The van der Waals surface area contributed by atoms with Gasteiger partial charge >= 0.3 is 0 Å². The summed E-state index contributed by atoms with van der Waals surface area (Å²) in [6.07, 6.45) is 6.85. The first-order valence-electron chi connectivity index (χ1n) is 7.53. The molecule has 0 aliphatic heterocycles. The van der Waals surface area contributed by atoms with E-state index in [9.17, 15) is 0 Å². The van der Waals surface area contributed by atoms with Crippen molar-refractivity contribution in [3.63, 3.8) is 0 Å². The van der Waals surface area contributed by atoms with Gasteiger partial charge in [0.1, 0.15) is 11.9 Å². The van der Waals surface area contributed by atoms with E-state index in [4.69, 9.17) is 4.74 Å². The van der Waals surface area contributed by atoms with Crippen molar-refractivity contribution >= 4 is 10.8 Å². The first-order valence-corrected chi connectivity index (χ1v) is 7.53. The number of hydrogen-bond donors (Lipinski definition) is 0. The molecule has 2 aromatic carbocycles. The molecule has 0 spiro atoms. The fourth-order valence-corrected chi connectivity index (χ4v) is 3.26. The minimum atomic E-state index is 0.407. The summed E-state index contributed by atoms with van der Waals surface area (Å²) in [4.78, 5) is 0. The number of rotatable bonds is 3. The van der Waals surface area contributed by atoms with E-state index < -0.39 is 0 Å². The molecule has 100 valence electrons. The normalized spacial score (nSPS) is 23.4. The molecule has 1 aliphatic rings. The molecule has 0 bridgehead atoms. The Kier molecular flexibility index (Phi) is 3.72. The van der Waals surface area contributed by atoms with Gasteiger partial charge in [-0.15, -0.1) is 0 Å². The molecule has 1 aliphatic carbocycles. The Labute approximate surface area is 115 Å². The number of hydrogen-bond acceptors (Lipinski definition) is 1. The molecule has 1 saturated carbocycles. The van der Waals surface area contributed by atoms with E-state index in [1.54, 1.807) is 0 Å². The quantitative estimate of drug-likeness (QED) is 0.732. The molecular weight excluding hydrogens is 232 g/mol. The summed E-state index contributed by atoms with van der Waals surface area (Å²) in [6, 6.07) is 14.9. The predicted molar refractivity (Wildman–Crippen MR) is 80.6 cm³/mol. The van der Waals surface area contributed by atoms with Crippen LogP contribution in [0.3, 0.4) is 0 Å². The van der Waals surface area contributed by atoms with Crippen LogP contribution >= 0.6 is 0 Å². The highest BCUT2D eigenvalue weighted by Gasteiger charge is 2.25. The van der Waals surface area contributed by atoms with Gasteiger partial charge in [-0.3, -0.25) is 0 Å². The second-order valence-electron chi connectivity index (χ2n) is 5.59. The zero-order chi connectivity index (χ0) is 13.1. The third-order valence-electron chi connectivity index (χ3n) is 4.39. The van der Waals surface area contributed by atoms with Crippen molar-refractivity contribution in [1.29, 1.82) is 0 Å². The maximum atomic E-state index is 6.37. The standard InChI is InChI=1S/C18H22O/c1-2-14-8-4-6-12-17(14)19-18-13-7-10-15-9-3-5-11-16(15)18/h3,5,7,9-11,13-14,17H,2,4,6,8,12H2,1H3. The monoisotopic (exact) mass is 254 g/mol. The molecule has 0 radical (unpaired) electrons. The van der Waals surface area contributed by atoms with Crippen molar-refractivity contribution in [1.82, 2.24) is 0 Å². The molecule has 1 fully saturated rings. The number of ether oxygens (including phenoxy) is 1. The lowest BCUT2D eigenvalue weighted by molar-refractivity contribution is 0.0919. The van der Waals surface area contributed by atoms with Gasteiger partial charge in [-0.25, -0.2) is 0 Å². The maximum Gasteiger partial charge on any atom is 0.127 e. The largest absolute Gasteiger partial charge is 0.490 e. The molecule has 2 aromatic rings. The molecule has 2 atom stereocenters. The van der Waals surface area contributed by atoms with Gasteiger partial charge in [-0.2, -0.15) is 0 Å². The van der Waals surface area contributed by atoms with Crippen LogP contribution in [-0.4, -0.2) is 6.10 Å². The lowest BCUT2D eigenvalue weighted by Gasteiger charge is -2.31. The third kappa shape index (κ3) is 2.60. The summed E-state index contributed by atoms with van der Waals surface area (Å²) in [7, 11) is 0. The van der Waals surface area contributed by atoms with Crippen LogP contribution in [0.2, 0.25) is 0 Å². The number of benzene rings is 2. The molecule has 2 unspecified atom stereocenters. The summed E-state index contributed by atoms with van der Waals surface area (Å²) in [5.74, 6) is 1.79. The predicted octanol–water partition coefficient (Wildman–Crippen LogP) is 5.19. The van der Waals surface area contributed by atoms with Crippen LogP contribution in [0, 0.1) is 5.92 Å². The Balaban J connectivity index is 1.88. The van der Waals surface area contributed by atoms with Crippen LogP contribution in [0.4, 0.5) is 0 Å². The van der Waals surface area contributed by atoms with E-state index in [1.807, 2.05) is 0 Å². The Morgan fingerprint density at radius 2 is 1.79 bits per heavy atom. The average molecular weight is 254 g/mol. The van der Waals surface area contributed by atoms with Crippen LogP contribution in [0.5, 0.6) is 5.75 Å². The maximum absolute atomic E-state index is 6.37. The molecule has 0 heterocycles. The van der Waals surface area contributed by atoms with Crippen LogP contribution in [0.1, 0.15) is 39.0 Å². The smallest absolute Gasteiger partial charge is 0.127 e. The van der Waals surface area contributed by atoms with E-state index in [1.165, 1.54) is 42.9 Å². The summed E-state index contributed by atoms with van der Waals surface area (Å²) < 4.78 is 6.37. The number of fused-ring (bicyclic) bond motifs is 1. The lowest BCUT2D eigenvalue weighted by Crippen LogP contribution is -2.29. The van der Waals surface area contributed by atoms with Crippen molar-refractivity contribution in [2.75, 3.05) is 0 Å². The zero-order valence-electron chi connectivity index (χ0n) is 11.6. The van der Waals surface area contributed by atoms with E-state index >= 15 is 0 Å². The van der Waals surface area contributed by atoms with Gasteiger partial charge in [0.15, 0.2) is 0 Å². The van der Waals surface area contributed by atoms with Crippen LogP contribution in [-0.2, 0) is 0 Å². The molecular formula is C18H22O. The van der Waals surface area contributed by atoms with E-state index in [2.05, 4.69) is 49.4 Å².